The van der Waals surface area contributed by atoms with Crippen LogP contribution in [0.25, 0.3) is 0 Å². The summed E-state index contributed by atoms with van der Waals surface area (Å²) >= 11 is 0. The van der Waals surface area contributed by atoms with Crippen molar-refractivity contribution in [3.05, 3.63) is 0 Å². The minimum atomic E-state index is 0.342. The highest BCUT2D eigenvalue weighted by Gasteiger charge is 2.21. The molecule has 0 aromatic carbocycles. The van der Waals surface area contributed by atoms with Gasteiger partial charge < -0.3 is 9.84 Å². The molecule has 1 fully saturated rings. The molecular weight excluding hydrogens is 164 g/mol. The molecule has 1 aliphatic carbocycles. The van der Waals surface area contributed by atoms with E-state index in [2.05, 4.69) is 13.8 Å². The molecule has 0 radical (unpaired) electrons. The number of rotatable bonds is 4. The SMILES string of the molecule is CC(C)OCC1CCCC(CO)C1. The van der Waals surface area contributed by atoms with Gasteiger partial charge in [0.15, 0.2) is 0 Å². The smallest absolute Gasteiger partial charge is 0.0519 e. The van der Waals surface area contributed by atoms with Crippen LogP contribution in [0.4, 0.5) is 0 Å². The van der Waals surface area contributed by atoms with E-state index in [4.69, 9.17) is 9.84 Å². The molecule has 1 N–H and O–H groups in total. The van der Waals surface area contributed by atoms with Crippen molar-refractivity contribution in [3.63, 3.8) is 0 Å². The Kier molecular flexibility index (Phi) is 4.74. The molecule has 0 aromatic rings. The summed E-state index contributed by atoms with van der Waals surface area (Å²) in [6.45, 7) is 5.39. The number of hydrogen-bond acceptors (Lipinski definition) is 2. The molecule has 2 unspecified atom stereocenters. The number of aliphatic hydroxyl groups excluding tert-OH is 1. The van der Waals surface area contributed by atoms with Crippen molar-refractivity contribution in [2.75, 3.05) is 13.2 Å². The Labute approximate surface area is 81.3 Å². The summed E-state index contributed by atoms with van der Waals surface area (Å²) in [5.74, 6) is 1.22. The Morgan fingerprint density at radius 3 is 2.62 bits per heavy atom. The van der Waals surface area contributed by atoms with Gasteiger partial charge in [0.25, 0.3) is 0 Å². The molecule has 1 rings (SSSR count). The van der Waals surface area contributed by atoms with Crippen LogP contribution in [-0.4, -0.2) is 24.4 Å². The van der Waals surface area contributed by atoms with E-state index >= 15 is 0 Å². The van der Waals surface area contributed by atoms with Crippen LogP contribution < -0.4 is 0 Å². The minimum Gasteiger partial charge on any atom is -0.396 e. The highest BCUT2D eigenvalue weighted by atomic mass is 16.5. The van der Waals surface area contributed by atoms with E-state index < -0.39 is 0 Å². The lowest BCUT2D eigenvalue weighted by Gasteiger charge is -2.28. The third kappa shape index (κ3) is 4.10. The molecule has 0 spiro atoms. The van der Waals surface area contributed by atoms with Gasteiger partial charge in [0, 0.05) is 13.2 Å². The minimum absolute atomic E-state index is 0.342. The number of aliphatic hydroxyl groups is 1. The summed E-state index contributed by atoms with van der Waals surface area (Å²) in [5, 5.41) is 9.05. The Bertz CT molecular complexity index is 134. The van der Waals surface area contributed by atoms with Gasteiger partial charge in [-0.2, -0.15) is 0 Å². The maximum absolute atomic E-state index is 9.05. The average molecular weight is 186 g/mol. The predicted molar refractivity (Wildman–Crippen MR) is 53.6 cm³/mol. The second-order valence-electron chi connectivity index (χ2n) is 4.46. The van der Waals surface area contributed by atoms with E-state index in [-0.39, 0.29) is 0 Å². The van der Waals surface area contributed by atoms with Crippen LogP contribution in [0.1, 0.15) is 39.5 Å². The standard InChI is InChI=1S/C11H22O2/c1-9(2)13-8-11-5-3-4-10(6-11)7-12/h9-12H,3-8H2,1-2H3. The maximum Gasteiger partial charge on any atom is 0.0519 e. The molecule has 2 heteroatoms. The van der Waals surface area contributed by atoms with Crippen molar-refractivity contribution in [1.29, 1.82) is 0 Å². The molecule has 0 aromatic heterocycles. The molecule has 2 atom stereocenters. The van der Waals surface area contributed by atoms with E-state index in [9.17, 15) is 0 Å². The predicted octanol–water partition coefficient (Wildman–Crippen LogP) is 2.21. The van der Waals surface area contributed by atoms with Crippen LogP contribution in [0.3, 0.4) is 0 Å². The summed E-state index contributed by atoms with van der Waals surface area (Å²) in [5.41, 5.74) is 0. The summed E-state index contributed by atoms with van der Waals surface area (Å²) in [6, 6.07) is 0. The normalized spacial score (nSPS) is 29.5. The van der Waals surface area contributed by atoms with Crippen LogP contribution in [-0.2, 0) is 4.74 Å². The van der Waals surface area contributed by atoms with E-state index in [0.717, 1.165) is 13.0 Å². The molecule has 0 aliphatic heterocycles. The maximum atomic E-state index is 9.05. The molecule has 0 saturated heterocycles. The molecule has 2 nitrogen and oxygen atoms in total. The molecule has 1 aliphatic rings. The first-order chi connectivity index (χ1) is 6.22. The second kappa shape index (κ2) is 5.61. The van der Waals surface area contributed by atoms with Gasteiger partial charge in [0.1, 0.15) is 0 Å². The van der Waals surface area contributed by atoms with Gasteiger partial charge in [-0.15, -0.1) is 0 Å². The van der Waals surface area contributed by atoms with E-state index in [0.29, 0.717) is 24.5 Å². The van der Waals surface area contributed by atoms with Crippen LogP contribution in [0.5, 0.6) is 0 Å². The average Bonchev–Trinajstić information content (AvgIpc) is 2.15. The zero-order valence-electron chi connectivity index (χ0n) is 8.83. The van der Waals surface area contributed by atoms with Gasteiger partial charge in [-0.3, -0.25) is 0 Å². The van der Waals surface area contributed by atoms with Crippen molar-refractivity contribution < 1.29 is 9.84 Å². The quantitative estimate of drug-likeness (QED) is 0.729. The van der Waals surface area contributed by atoms with Crippen molar-refractivity contribution >= 4 is 0 Å². The fraction of sp³-hybridized carbons (Fsp3) is 1.00. The Hall–Kier alpha value is -0.0800. The molecular formula is C11H22O2. The van der Waals surface area contributed by atoms with Crippen molar-refractivity contribution in [3.8, 4) is 0 Å². The monoisotopic (exact) mass is 186 g/mol. The molecule has 13 heavy (non-hydrogen) atoms. The van der Waals surface area contributed by atoms with Gasteiger partial charge >= 0.3 is 0 Å². The molecule has 78 valence electrons. The first-order valence-electron chi connectivity index (χ1n) is 5.44. The fourth-order valence-corrected chi connectivity index (χ4v) is 2.05. The Balaban J connectivity index is 2.18. The van der Waals surface area contributed by atoms with Gasteiger partial charge in [-0.1, -0.05) is 6.42 Å². The molecule has 0 heterocycles. The largest absolute Gasteiger partial charge is 0.396 e. The highest BCUT2D eigenvalue weighted by molar-refractivity contribution is 4.72. The van der Waals surface area contributed by atoms with Crippen molar-refractivity contribution in [2.24, 2.45) is 11.8 Å². The first-order valence-corrected chi connectivity index (χ1v) is 5.44. The summed E-state index contributed by atoms with van der Waals surface area (Å²) in [6.07, 6.45) is 5.24. The summed E-state index contributed by atoms with van der Waals surface area (Å²) < 4.78 is 5.59. The van der Waals surface area contributed by atoms with Crippen molar-refractivity contribution in [1.82, 2.24) is 0 Å². The van der Waals surface area contributed by atoms with Crippen LogP contribution >= 0.6 is 0 Å². The van der Waals surface area contributed by atoms with Crippen LogP contribution in [0.2, 0.25) is 0 Å². The summed E-state index contributed by atoms with van der Waals surface area (Å²) in [4.78, 5) is 0. The van der Waals surface area contributed by atoms with E-state index in [1.54, 1.807) is 0 Å². The lowest BCUT2D eigenvalue weighted by molar-refractivity contribution is 0.0285. The van der Waals surface area contributed by atoms with E-state index in [1.807, 2.05) is 0 Å². The molecule has 0 bridgehead atoms. The highest BCUT2D eigenvalue weighted by Crippen LogP contribution is 2.28. The Morgan fingerprint density at radius 1 is 1.31 bits per heavy atom. The number of ether oxygens (including phenoxy) is 1. The topological polar surface area (TPSA) is 29.5 Å². The number of hydrogen-bond donors (Lipinski definition) is 1. The third-order valence-electron chi connectivity index (χ3n) is 2.81. The third-order valence-corrected chi connectivity index (χ3v) is 2.81. The zero-order valence-corrected chi connectivity index (χ0v) is 8.83. The van der Waals surface area contributed by atoms with Crippen LogP contribution in [0.15, 0.2) is 0 Å². The van der Waals surface area contributed by atoms with Crippen LogP contribution in [0, 0.1) is 11.8 Å². The summed E-state index contributed by atoms with van der Waals surface area (Å²) in [7, 11) is 0. The van der Waals surface area contributed by atoms with Gasteiger partial charge in [0.05, 0.1) is 6.10 Å². The lowest BCUT2D eigenvalue weighted by Crippen LogP contribution is -2.23. The first kappa shape index (κ1) is 11.0. The molecule has 1 saturated carbocycles. The van der Waals surface area contributed by atoms with Gasteiger partial charge in [0.2, 0.25) is 0 Å². The lowest BCUT2D eigenvalue weighted by atomic mass is 9.82. The Morgan fingerprint density at radius 2 is 2.00 bits per heavy atom. The molecule has 0 amide bonds. The van der Waals surface area contributed by atoms with E-state index in [1.165, 1.54) is 19.3 Å². The van der Waals surface area contributed by atoms with Gasteiger partial charge in [-0.05, 0) is 44.9 Å². The van der Waals surface area contributed by atoms with Gasteiger partial charge in [-0.25, -0.2) is 0 Å². The second-order valence-corrected chi connectivity index (χ2v) is 4.46. The fourth-order valence-electron chi connectivity index (χ4n) is 2.05. The zero-order chi connectivity index (χ0) is 9.68. The van der Waals surface area contributed by atoms with Crippen molar-refractivity contribution in [2.45, 2.75) is 45.6 Å².